The van der Waals surface area contributed by atoms with E-state index in [9.17, 15) is 8.42 Å². The Bertz CT molecular complexity index is 700. The van der Waals surface area contributed by atoms with Gasteiger partial charge in [-0.15, -0.1) is 0 Å². The molecule has 19 heavy (non-hydrogen) atoms. The minimum Gasteiger partial charge on any atom is -0.337 e. The van der Waals surface area contributed by atoms with Crippen molar-refractivity contribution in [2.75, 3.05) is 11.5 Å². The monoisotopic (exact) mass is 296 g/mol. The van der Waals surface area contributed by atoms with Crippen LogP contribution >= 0.6 is 12.2 Å². The summed E-state index contributed by atoms with van der Waals surface area (Å²) >= 11 is 5.21. The van der Waals surface area contributed by atoms with Crippen LogP contribution in [0.3, 0.4) is 0 Å². The van der Waals surface area contributed by atoms with Crippen molar-refractivity contribution < 1.29 is 8.42 Å². The third-order valence-electron chi connectivity index (χ3n) is 3.00. The molecule has 1 aromatic carbocycles. The number of sulfone groups is 1. The molecule has 0 aliphatic rings. The SMILES string of the molecule is CCS(=O)(=O)CCn1c(-c2ccccc2)c[nH]c1=S. The molecule has 1 N–H and O–H groups in total. The van der Waals surface area contributed by atoms with Crippen molar-refractivity contribution in [3.05, 3.63) is 41.3 Å². The second kappa shape index (κ2) is 5.71. The van der Waals surface area contributed by atoms with E-state index in [0.29, 0.717) is 11.3 Å². The Morgan fingerprint density at radius 3 is 2.58 bits per heavy atom. The first-order valence-electron chi connectivity index (χ1n) is 6.07. The second-order valence-electron chi connectivity index (χ2n) is 4.23. The Labute approximate surface area is 118 Å². The average Bonchev–Trinajstić information content (AvgIpc) is 2.79. The van der Waals surface area contributed by atoms with Gasteiger partial charge in [-0.3, -0.25) is 0 Å². The zero-order valence-electron chi connectivity index (χ0n) is 10.7. The summed E-state index contributed by atoms with van der Waals surface area (Å²) in [6.07, 6.45) is 1.82. The van der Waals surface area contributed by atoms with E-state index in [1.807, 2.05) is 41.1 Å². The Kier molecular flexibility index (Phi) is 4.21. The highest BCUT2D eigenvalue weighted by atomic mass is 32.2. The number of nitrogens with one attached hydrogen (secondary N) is 1. The van der Waals surface area contributed by atoms with Gasteiger partial charge in [0.05, 0.1) is 11.4 Å². The van der Waals surface area contributed by atoms with Crippen molar-refractivity contribution in [1.29, 1.82) is 0 Å². The van der Waals surface area contributed by atoms with E-state index in [1.165, 1.54) is 0 Å². The van der Waals surface area contributed by atoms with Crippen LogP contribution in [0.4, 0.5) is 0 Å². The normalized spacial score (nSPS) is 11.6. The Morgan fingerprint density at radius 1 is 1.26 bits per heavy atom. The van der Waals surface area contributed by atoms with Crippen LogP contribution in [-0.4, -0.2) is 29.5 Å². The molecule has 0 unspecified atom stereocenters. The van der Waals surface area contributed by atoms with Gasteiger partial charge in [-0.05, 0) is 17.8 Å². The molecule has 0 atom stereocenters. The lowest BCUT2D eigenvalue weighted by molar-refractivity contribution is 0.590. The molecule has 6 heteroatoms. The van der Waals surface area contributed by atoms with Gasteiger partial charge in [0.25, 0.3) is 0 Å². The summed E-state index contributed by atoms with van der Waals surface area (Å²) in [6.45, 7) is 2.03. The van der Waals surface area contributed by atoms with E-state index < -0.39 is 9.84 Å². The van der Waals surface area contributed by atoms with E-state index in [2.05, 4.69) is 4.98 Å². The van der Waals surface area contributed by atoms with Crippen molar-refractivity contribution in [3.8, 4) is 11.3 Å². The van der Waals surface area contributed by atoms with Crippen LogP contribution in [0.25, 0.3) is 11.3 Å². The molecule has 0 radical (unpaired) electrons. The summed E-state index contributed by atoms with van der Waals surface area (Å²) < 4.78 is 25.6. The molecule has 0 saturated heterocycles. The van der Waals surface area contributed by atoms with Crippen LogP contribution in [-0.2, 0) is 16.4 Å². The van der Waals surface area contributed by atoms with Gasteiger partial charge in [0, 0.05) is 18.5 Å². The number of aromatic amines is 1. The summed E-state index contributed by atoms with van der Waals surface area (Å²) in [4.78, 5) is 2.97. The van der Waals surface area contributed by atoms with Gasteiger partial charge in [-0.2, -0.15) is 0 Å². The molecule has 102 valence electrons. The predicted molar refractivity (Wildman–Crippen MR) is 79.4 cm³/mol. The van der Waals surface area contributed by atoms with Gasteiger partial charge >= 0.3 is 0 Å². The molecule has 1 aromatic heterocycles. The molecule has 0 amide bonds. The van der Waals surface area contributed by atoms with Crippen LogP contribution in [0, 0.1) is 4.77 Å². The number of nitrogens with zero attached hydrogens (tertiary/aromatic N) is 1. The van der Waals surface area contributed by atoms with Gasteiger partial charge in [0.15, 0.2) is 14.6 Å². The first-order chi connectivity index (χ1) is 9.03. The van der Waals surface area contributed by atoms with Gasteiger partial charge in [-0.25, -0.2) is 8.42 Å². The van der Waals surface area contributed by atoms with Crippen LogP contribution in [0.1, 0.15) is 6.92 Å². The van der Waals surface area contributed by atoms with Gasteiger partial charge in [-0.1, -0.05) is 37.3 Å². The number of aromatic nitrogens is 2. The Hall–Kier alpha value is -1.40. The fourth-order valence-electron chi connectivity index (χ4n) is 1.84. The maximum absolute atomic E-state index is 11.6. The average molecular weight is 296 g/mol. The maximum Gasteiger partial charge on any atom is 0.177 e. The maximum atomic E-state index is 11.6. The molecule has 0 bridgehead atoms. The highest BCUT2D eigenvalue weighted by Gasteiger charge is 2.11. The van der Waals surface area contributed by atoms with E-state index in [-0.39, 0.29) is 11.5 Å². The smallest absolute Gasteiger partial charge is 0.177 e. The summed E-state index contributed by atoms with van der Waals surface area (Å²) in [5, 5.41) is 0. The van der Waals surface area contributed by atoms with Crippen molar-refractivity contribution in [2.24, 2.45) is 0 Å². The molecule has 4 nitrogen and oxygen atoms in total. The minimum atomic E-state index is -2.99. The summed E-state index contributed by atoms with van der Waals surface area (Å²) in [5.74, 6) is 0.265. The summed E-state index contributed by atoms with van der Waals surface area (Å²) in [6, 6.07) is 9.78. The minimum absolute atomic E-state index is 0.107. The first-order valence-corrected chi connectivity index (χ1v) is 8.30. The molecule has 2 aromatic rings. The largest absolute Gasteiger partial charge is 0.337 e. The number of imidazole rings is 1. The lowest BCUT2D eigenvalue weighted by Crippen LogP contribution is -2.15. The summed E-state index contributed by atoms with van der Waals surface area (Å²) in [7, 11) is -2.99. The van der Waals surface area contributed by atoms with Crippen molar-refractivity contribution in [3.63, 3.8) is 0 Å². The lowest BCUT2D eigenvalue weighted by Gasteiger charge is -2.08. The van der Waals surface area contributed by atoms with Crippen LogP contribution in [0.2, 0.25) is 0 Å². The van der Waals surface area contributed by atoms with Crippen molar-refractivity contribution in [1.82, 2.24) is 9.55 Å². The number of hydrogen-bond acceptors (Lipinski definition) is 3. The standard InChI is InChI=1S/C13H16N2O2S2/c1-2-19(16,17)9-8-15-12(10-14-13(15)18)11-6-4-3-5-7-11/h3-7,10H,2,8-9H2,1H3,(H,14,18). The molecule has 2 rings (SSSR count). The lowest BCUT2D eigenvalue weighted by atomic mass is 10.2. The quantitative estimate of drug-likeness (QED) is 0.863. The van der Waals surface area contributed by atoms with Gasteiger partial charge in [0.2, 0.25) is 0 Å². The number of H-pyrrole nitrogens is 1. The Morgan fingerprint density at radius 2 is 1.95 bits per heavy atom. The number of hydrogen-bond donors (Lipinski definition) is 1. The van der Waals surface area contributed by atoms with E-state index in [4.69, 9.17) is 12.2 Å². The Balaban J connectivity index is 2.32. The highest BCUT2D eigenvalue weighted by Crippen LogP contribution is 2.19. The number of benzene rings is 1. The van der Waals surface area contributed by atoms with E-state index >= 15 is 0 Å². The molecule has 0 aliphatic heterocycles. The fraction of sp³-hybridized carbons (Fsp3) is 0.308. The number of rotatable bonds is 5. The van der Waals surface area contributed by atoms with Crippen LogP contribution in [0.15, 0.2) is 36.5 Å². The van der Waals surface area contributed by atoms with Crippen molar-refractivity contribution >= 4 is 22.1 Å². The van der Waals surface area contributed by atoms with E-state index in [0.717, 1.165) is 11.3 Å². The van der Waals surface area contributed by atoms with Gasteiger partial charge in [0.1, 0.15) is 0 Å². The molecule has 1 heterocycles. The molecular weight excluding hydrogens is 280 g/mol. The van der Waals surface area contributed by atoms with E-state index in [1.54, 1.807) is 6.92 Å². The zero-order valence-corrected chi connectivity index (χ0v) is 12.3. The second-order valence-corrected chi connectivity index (χ2v) is 7.09. The molecule has 0 saturated carbocycles. The zero-order chi connectivity index (χ0) is 13.9. The fourth-order valence-corrected chi connectivity index (χ4v) is 2.84. The predicted octanol–water partition coefficient (Wildman–Crippen LogP) is 2.65. The summed E-state index contributed by atoms with van der Waals surface area (Å²) in [5.41, 5.74) is 1.93. The molecule has 0 fully saturated rings. The van der Waals surface area contributed by atoms with Crippen molar-refractivity contribution in [2.45, 2.75) is 13.5 Å². The molecule has 0 spiro atoms. The third-order valence-corrected chi connectivity index (χ3v) is 5.03. The first kappa shape index (κ1) is 14.0. The highest BCUT2D eigenvalue weighted by molar-refractivity contribution is 7.91. The molecular formula is C13H16N2O2S2. The van der Waals surface area contributed by atoms with Gasteiger partial charge < -0.3 is 9.55 Å². The third kappa shape index (κ3) is 3.33. The molecule has 0 aliphatic carbocycles. The van der Waals surface area contributed by atoms with Crippen LogP contribution in [0.5, 0.6) is 0 Å². The topological polar surface area (TPSA) is 54.9 Å². The van der Waals surface area contributed by atoms with Crippen LogP contribution < -0.4 is 0 Å².